The molecule has 0 aliphatic carbocycles. The van der Waals surface area contributed by atoms with Crippen LogP contribution in [0.4, 0.5) is 0 Å². The number of esters is 1. The molecule has 1 N–H and O–H groups in total. The van der Waals surface area contributed by atoms with Crippen molar-refractivity contribution in [2.24, 2.45) is 5.92 Å². The van der Waals surface area contributed by atoms with E-state index < -0.39 is 0 Å². The third-order valence-corrected chi connectivity index (χ3v) is 2.45. The maximum absolute atomic E-state index is 11.3. The Balaban J connectivity index is 3.74. The van der Waals surface area contributed by atoms with E-state index in [0.717, 1.165) is 6.42 Å². The van der Waals surface area contributed by atoms with Crippen molar-refractivity contribution in [1.29, 1.82) is 0 Å². The molecule has 0 fully saturated rings. The van der Waals surface area contributed by atoms with Gasteiger partial charge in [0.2, 0.25) is 0 Å². The predicted octanol–water partition coefficient (Wildman–Crippen LogP) is 1.59. The molecule has 0 aromatic rings. The largest absolute Gasteiger partial charge is 0.468 e. The number of ether oxygens (including phenoxy) is 2. The summed E-state index contributed by atoms with van der Waals surface area (Å²) in [6.45, 7) is 6.98. The van der Waals surface area contributed by atoms with Gasteiger partial charge in [-0.25, -0.2) is 0 Å². The van der Waals surface area contributed by atoms with Crippen molar-refractivity contribution in [2.45, 2.75) is 45.8 Å². The first-order valence-electron chi connectivity index (χ1n) is 5.88. The number of nitrogens with one attached hydrogen (secondary N) is 1. The fourth-order valence-electron chi connectivity index (χ4n) is 1.64. The zero-order valence-electron chi connectivity index (χ0n) is 11.1. The van der Waals surface area contributed by atoms with Gasteiger partial charge in [0, 0.05) is 6.61 Å². The van der Waals surface area contributed by atoms with Crippen LogP contribution in [-0.4, -0.2) is 38.9 Å². The maximum atomic E-state index is 11.3. The minimum absolute atomic E-state index is 0.234. The summed E-state index contributed by atoms with van der Waals surface area (Å²) in [6.07, 6.45) is 1.93. The van der Waals surface area contributed by atoms with Gasteiger partial charge in [0.05, 0.1) is 13.2 Å². The Hall–Kier alpha value is -0.610. The SMILES string of the molecule is CNC(CCOC(C)CC(C)C)C(=O)OC. The molecule has 4 nitrogen and oxygen atoms in total. The number of methoxy groups -OCH3 is 1. The zero-order chi connectivity index (χ0) is 12.6. The second-order valence-corrected chi connectivity index (χ2v) is 4.46. The van der Waals surface area contributed by atoms with Crippen molar-refractivity contribution in [1.82, 2.24) is 5.32 Å². The molecule has 16 heavy (non-hydrogen) atoms. The minimum Gasteiger partial charge on any atom is -0.468 e. The standard InChI is InChI=1S/C12H25NO3/c1-9(2)8-10(3)16-7-6-11(13-4)12(14)15-5/h9-11,13H,6-8H2,1-5H3. The van der Waals surface area contributed by atoms with Gasteiger partial charge in [0.25, 0.3) is 0 Å². The van der Waals surface area contributed by atoms with Gasteiger partial charge in [-0.15, -0.1) is 0 Å². The van der Waals surface area contributed by atoms with Crippen LogP contribution in [0.3, 0.4) is 0 Å². The number of hydrogen-bond donors (Lipinski definition) is 1. The first kappa shape index (κ1) is 15.4. The van der Waals surface area contributed by atoms with E-state index in [2.05, 4.69) is 30.8 Å². The highest BCUT2D eigenvalue weighted by Gasteiger charge is 2.16. The highest BCUT2D eigenvalue weighted by atomic mass is 16.5. The fourth-order valence-corrected chi connectivity index (χ4v) is 1.64. The summed E-state index contributed by atoms with van der Waals surface area (Å²) in [5, 5.41) is 2.91. The van der Waals surface area contributed by atoms with E-state index in [0.29, 0.717) is 18.9 Å². The molecule has 2 unspecified atom stereocenters. The van der Waals surface area contributed by atoms with Gasteiger partial charge in [-0.1, -0.05) is 13.8 Å². The normalized spacial score (nSPS) is 14.9. The highest BCUT2D eigenvalue weighted by Crippen LogP contribution is 2.08. The van der Waals surface area contributed by atoms with Crippen LogP contribution in [0.15, 0.2) is 0 Å². The molecule has 96 valence electrons. The second-order valence-electron chi connectivity index (χ2n) is 4.46. The Labute approximate surface area is 98.7 Å². The number of likely N-dealkylation sites (N-methyl/N-ethyl adjacent to an activating group) is 1. The molecule has 0 radical (unpaired) electrons. The van der Waals surface area contributed by atoms with E-state index in [1.807, 2.05) is 0 Å². The molecule has 0 saturated carbocycles. The smallest absolute Gasteiger partial charge is 0.322 e. The zero-order valence-corrected chi connectivity index (χ0v) is 11.1. The molecule has 0 aromatic carbocycles. The van der Waals surface area contributed by atoms with Gasteiger partial charge in [0.15, 0.2) is 0 Å². The van der Waals surface area contributed by atoms with E-state index >= 15 is 0 Å². The fraction of sp³-hybridized carbons (Fsp3) is 0.917. The van der Waals surface area contributed by atoms with E-state index in [4.69, 9.17) is 4.74 Å². The number of carbonyl (C=O) groups is 1. The van der Waals surface area contributed by atoms with Gasteiger partial charge in [-0.2, -0.15) is 0 Å². The van der Waals surface area contributed by atoms with Gasteiger partial charge < -0.3 is 14.8 Å². The topological polar surface area (TPSA) is 47.6 Å². The molecule has 0 aliphatic rings. The lowest BCUT2D eigenvalue weighted by Crippen LogP contribution is -2.36. The van der Waals surface area contributed by atoms with Crippen LogP contribution in [0, 0.1) is 5.92 Å². The van der Waals surface area contributed by atoms with Gasteiger partial charge >= 0.3 is 5.97 Å². The van der Waals surface area contributed by atoms with E-state index in [1.165, 1.54) is 7.11 Å². The summed E-state index contributed by atoms with van der Waals surface area (Å²) in [7, 11) is 3.15. The summed E-state index contributed by atoms with van der Waals surface area (Å²) in [5.41, 5.74) is 0. The first-order valence-corrected chi connectivity index (χ1v) is 5.88. The summed E-state index contributed by atoms with van der Waals surface area (Å²) < 4.78 is 10.3. The molecule has 0 spiro atoms. The summed E-state index contributed by atoms with van der Waals surface area (Å²) in [5.74, 6) is 0.401. The quantitative estimate of drug-likeness (QED) is 0.644. The molecule has 0 bridgehead atoms. The molecular weight excluding hydrogens is 206 g/mol. The molecule has 0 rings (SSSR count). The van der Waals surface area contributed by atoms with Crippen LogP contribution >= 0.6 is 0 Å². The van der Waals surface area contributed by atoms with Crippen LogP contribution in [0.1, 0.15) is 33.6 Å². The third kappa shape index (κ3) is 6.80. The minimum atomic E-state index is -0.267. The molecule has 0 saturated heterocycles. The van der Waals surface area contributed by atoms with Gasteiger partial charge in [0.1, 0.15) is 6.04 Å². The van der Waals surface area contributed by atoms with Crippen molar-refractivity contribution in [3.8, 4) is 0 Å². The molecule has 0 amide bonds. The monoisotopic (exact) mass is 231 g/mol. The number of rotatable bonds is 8. The van der Waals surface area contributed by atoms with E-state index in [9.17, 15) is 4.79 Å². The van der Waals surface area contributed by atoms with Crippen molar-refractivity contribution in [2.75, 3.05) is 20.8 Å². The van der Waals surface area contributed by atoms with Crippen molar-refractivity contribution in [3.63, 3.8) is 0 Å². The Morgan fingerprint density at radius 1 is 1.31 bits per heavy atom. The number of carbonyl (C=O) groups excluding carboxylic acids is 1. The summed E-state index contributed by atoms with van der Waals surface area (Å²) in [6, 6.07) is -0.267. The molecular formula is C12H25NO3. The van der Waals surface area contributed by atoms with Crippen LogP contribution < -0.4 is 5.32 Å². The third-order valence-electron chi connectivity index (χ3n) is 2.45. The van der Waals surface area contributed by atoms with E-state index in [1.54, 1.807) is 7.05 Å². The maximum Gasteiger partial charge on any atom is 0.322 e. The predicted molar refractivity (Wildman–Crippen MR) is 64.3 cm³/mol. The van der Waals surface area contributed by atoms with Crippen molar-refractivity contribution < 1.29 is 14.3 Å². The average Bonchev–Trinajstić information content (AvgIpc) is 2.22. The summed E-state index contributed by atoms with van der Waals surface area (Å²) >= 11 is 0. The number of hydrogen-bond acceptors (Lipinski definition) is 4. The van der Waals surface area contributed by atoms with Crippen LogP contribution in [0.25, 0.3) is 0 Å². The Kier molecular flexibility index (Phi) is 8.21. The highest BCUT2D eigenvalue weighted by molar-refractivity contribution is 5.75. The molecule has 0 heterocycles. The van der Waals surface area contributed by atoms with Crippen LogP contribution in [0.5, 0.6) is 0 Å². The lowest BCUT2D eigenvalue weighted by molar-refractivity contribution is -0.143. The lowest BCUT2D eigenvalue weighted by Gasteiger charge is -2.17. The molecule has 2 atom stereocenters. The van der Waals surface area contributed by atoms with Gasteiger partial charge in [-0.05, 0) is 32.7 Å². The first-order chi connectivity index (χ1) is 7.51. The Morgan fingerprint density at radius 3 is 2.38 bits per heavy atom. The van der Waals surface area contributed by atoms with Crippen molar-refractivity contribution >= 4 is 5.97 Å². The average molecular weight is 231 g/mol. The van der Waals surface area contributed by atoms with Gasteiger partial charge in [-0.3, -0.25) is 4.79 Å². The molecule has 4 heteroatoms. The van der Waals surface area contributed by atoms with Crippen molar-refractivity contribution in [3.05, 3.63) is 0 Å². The van der Waals surface area contributed by atoms with Crippen LogP contribution in [-0.2, 0) is 14.3 Å². The van der Waals surface area contributed by atoms with E-state index in [-0.39, 0.29) is 18.1 Å². The Bertz CT molecular complexity index is 195. The van der Waals surface area contributed by atoms with Crippen LogP contribution in [0.2, 0.25) is 0 Å². The molecule has 0 aliphatic heterocycles. The second kappa shape index (κ2) is 8.53. The Morgan fingerprint density at radius 2 is 1.94 bits per heavy atom. The lowest BCUT2D eigenvalue weighted by atomic mass is 10.1. The molecule has 0 aromatic heterocycles. The summed E-state index contributed by atoms with van der Waals surface area (Å²) in [4.78, 5) is 11.3.